The second-order valence-electron chi connectivity index (χ2n) is 0.408. The SMILES string of the molecule is O=S(=O)([O-])[O-].[Cl-].[Cu+2].[Cu+2].[Cu+2].[Cu+2].[Cu+2].[Cu+2].[OH-].[OH-].[OH-].[OH-].[OH-].[OH-].[OH-].[OH-].[OH-]. The molecule has 0 unspecified atom stereocenters. The molecule has 13 nitrogen and oxygen atoms in total. The van der Waals surface area contributed by atoms with Gasteiger partial charge in [-0.15, -0.1) is 0 Å². The van der Waals surface area contributed by atoms with Gasteiger partial charge in [0.25, 0.3) is 0 Å². The number of hydrogen-bond acceptors (Lipinski definition) is 13. The molecule has 0 fully saturated rings. The van der Waals surface area contributed by atoms with Crippen molar-refractivity contribution in [2.75, 3.05) is 0 Å². The number of halogens is 1. The molecule has 0 bridgehead atoms. The fourth-order valence-electron chi connectivity index (χ4n) is 0. The van der Waals surface area contributed by atoms with E-state index < -0.39 is 10.4 Å². The molecule has 0 aromatic carbocycles. The van der Waals surface area contributed by atoms with E-state index in [-0.39, 0.29) is 164 Å². The Morgan fingerprint density at radius 3 is 0.429 bits per heavy atom. The Morgan fingerprint density at radius 2 is 0.429 bits per heavy atom. The average Bonchev–Trinajstić information content (AvgIpc) is 0.722. The van der Waals surface area contributed by atoms with Crippen LogP contribution < -0.4 is 12.4 Å². The summed E-state index contributed by atoms with van der Waals surface area (Å²) < 4.78 is 34.1. The van der Waals surface area contributed by atoms with Gasteiger partial charge in [0.1, 0.15) is 0 Å². The molecule has 0 saturated heterocycles. The van der Waals surface area contributed by atoms with E-state index in [0.717, 1.165) is 0 Å². The second kappa shape index (κ2) is 138. The molecule has 0 aliphatic rings. The van der Waals surface area contributed by atoms with E-state index in [4.69, 9.17) is 17.5 Å². The van der Waals surface area contributed by atoms with Crippen LogP contribution in [0.15, 0.2) is 0 Å². The monoisotopic (exact) mass is 662 g/mol. The Kier molecular flexibility index (Phi) is 1730. The van der Waals surface area contributed by atoms with Crippen LogP contribution in [0.5, 0.6) is 0 Å². The van der Waals surface area contributed by atoms with Gasteiger partial charge >= 0.3 is 102 Å². The minimum absolute atomic E-state index is 0. The summed E-state index contributed by atoms with van der Waals surface area (Å²) in [6.07, 6.45) is 0. The smallest absolute Gasteiger partial charge is 1.00 e. The maximum absolute atomic E-state index is 8.52. The molecule has 0 aromatic rings. The molecule has 6 radical (unpaired) electrons. The molecule has 0 aliphatic heterocycles. The summed E-state index contributed by atoms with van der Waals surface area (Å²) in [5.74, 6) is 0. The fraction of sp³-hybridized carbons (Fsp3) is 0. The summed E-state index contributed by atoms with van der Waals surface area (Å²) >= 11 is 0. The van der Waals surface area contributed by atoms with E-state index in [9.17, 15) is 0 Å². The third-order valence-electron chi connectivity index (χ3n) is 0. The second-order valence-corrected chi connectivity index (χ2v) is 1.22. The Morgan fingerprint density at radius 1 is 0.429 bits per heavy atom. The molecule has 21 heavy (non-hydrogen) atoms. The van der Waals surface area contributed by atoms with Crippen molar-refractivity contribution in [1.29, 1.82) is 0 Å². The molecule has 0 heterocycles. The van der Waals surface area contributed by atoms with E-state index in [1.807, 2.05) is 0 Å². The summed E-state index contributed by atoms with van der Waals surface area (Å²) in [5, 5.41) is 0. The van der Waals surface area contributed by atoms with E-state index in [2.05, 4.69) is 0 Å². The zero-order valence-electron chi connectivity index (χ0n) is 8.25. The van der Waals surface area contributed by atoms with Gasteiger partial charge in [0, 0.05) is 10.4 Å². The maximum atomic E-state index is 8.52. The van der Waals surface area contributed by atoms with Crippen LogP contribution in [0.2, 0.25) is 0 Å². The molecule has 0 spiro atoms. The summed E-state index contributed by atoms with van der Waals surface area (Å²) in [6.45, 7) is 0. The Bertz CT molecular complexity index is 112. The van der Waals surface area contributed by atoms with Crippen molar-refractivity contribution in [3.05, 3.63) is 0 Å². The number of hydrogen-bond donors (Lipinski definition) is 0. The van der Waals surface area contributed by atoms with Crippen molar-refractivity contribution >= 4 is 10.4 Å². The molecule has 0 rings (SSSR count). The molecule has 166 valence electrons. The predicted octanol–water partition coefficient (Wildman–Crippen LogP) is -5.94. The first-order valence-electron chi connectivity index (χ1n) is 0.667. The molecule has 9 N–H and O–H groups in total. The van der Waals surface area contributed by atoms with Crippen LogP contribution in [0.4, 0.5) is 0 Å². The van der Waals surface area contributed by atoms with Gasteiger partial charge in [0.2, 0.25) is 0 Å². The average molecular weight is 666 g/mol. The molecule has 0 saturated carbocycles. The van der Waals surface area contributed by atoms with Crippen LogP contribution in [0, 0.1) is 0 Å². The van der Waals surface area contributed by atoms with Crippen molar-refractivity contribution < 1.29 is 182 Å². The predicted molar refractivity (Wildman–Crippen MR) is 27.9 cm³/mol. The summed E-state index contributed by atoms with van der Waals surface area (Å²) in [5.41, 5.74) is 0. The first-order chi connectivity index (χ1) is 2.00. The van der Waals surface area contributed by atoms with Crippen molar-refractivity contribution in [3.8, 4) is 0 Å². The molecule has 0 atom stereocenters. The first kappa shape index (κ1) is 263. The summed E-state index contributed by atoms with van der Waals surface area (Å²) in [7, 11) is -5.17. The van der Waals surface area contributed by atoms with Gasteiger partial charge < -0.3 is 70.8 Å². The van der Waals surface area contributed by atoms with Crippen LogP contribution >= 0.6 is 0 Å². The molecule has 0 aliphatic carbocycles. The van der Waals surface area contributed by atoms with E-state index in [0.29, 0.717) is 0 Å². The van der Waals surface area contributed by atoms with Crippen molar-refractivity contribution in [2.24, 2.45) is 0 Å². The normalized spacial score (nSPS) is 2.76. The maximum Gasteiger partial charge on any atom is 2.00 e. The molecule has 0 aromatic heterocycles. The Balaban J connectivity index is -0.000000000667. The zero-order valence-corrected chi connectivity index (χ0v) is 15.5. The molecule has 21 heteroatoms. The van der Waals surface area contributed by atoms with Crippen molar-refractivity contribution in [3.63, 3.8) is 0 Å². The van der Waals surface area contributed by atoms with E-state index in [1.165, 1.54) is 0 Å². The van der Waals surface area contributed by atoms with Gasteiger partial charge in [-0.3, -0.25) is 8.42 Å². The van der Waals surface area contributed by atoms with E-state index in [1.54, 1.807) is 0 Å². The number of rotatable bonds is 0. The van der Waals surface area contributed by atoms with Crippen LogP contribution in [0.1, 0.15) is 0 Å². The van der Waals surface area contributed by atoms with Crippen LogP contribution in [-0.4, -0.2) is 66.8 Å². The summed E-state index contributed by atoms with van der Waals surface area (Å²) in [6, 6.07) is 0. The molecular weight excluding hydrogens is 657 g/mol. The van der Waals surface area contributed by atoms with Gasteiger partial charge in [0.05, 0.1) is 0 Å². The minimum Gasteiger partial charge on any atom is -1.00 e. The minimum atomic E-state index is -5.17. The fourth-order valence-corrected chi connectivity index (χ4v) is 0. The standard InChI is InChI=1S/ClH.6Cu.H2O4S.9H2O/c;;;;;;;1-5(2,3)4;;;;;;;;;/h1H;;;;;;;(H2,1,2,3,4);9*1H2/q;6*+2;;;;;;;;;;/p-12. The van der Waals surface area contributed by atoms with Crippen LogP contribution in [0.25, 0.3) is 0 Å². The molecular formula is H9ClCu6O13S. The molecule has 0 amide bonds. The Hall–Kier alpha value is 2.92. The Labute approximate surface area is 190 Å². The van der Waals surface area contributed by atoms with Gasteiger partial charge in [-0.2, -0.15) is 0 Å². The van der Waals surface area contributed by atoms with E-state index >= 15 is 0 Å². The van der Waals surface area contributed by atoms with Gasteiger partial charge in [-0.05, 0) is 0 Å². The van der Waals surface area contributed by atoms with Gasteiger partial charge in [-0.1, -0.05) is 0 Å². The topological polar surface area (TPSA) is 350 Å². The largest absolute Gasteiger partial charge is 2.00 e. The van der Waals surface area contributed by atoms with Gasteiger partial charge in [0.15, 0.2) is 0 Å². The summed E-state index contributed by atoms with van der Waals surface area (Å²) in [4.78, 5) is 0. The van der Waals surface area contributed by atoms with Crippen LogP contribution in [0.3, 0.4) is 0 Å². The third-order valence-corrected chi connectivity index (χ3v) is 0. The first-order valence-corrected chi connectivity index (χ1v) is 2.00. The van der Waals surface area contributed by atoms with Crippen LogP contribution in [-0.2, 0) is 113 Å². The quantitative estimate of drug-likeness (QED) is 0.132. The van der Waals surface area contributed by atoms with Crippen molar-refractivity contribution in [1.82, 2.24) is 0 Å². The zero-order chi connectivity index (χ0) is 4.50. The van der Waals surface area contributed by atoms with Crippen molar-refractivity contribution in [2.45, 2.75) is 0 Å². The third kappa shape index (κ3) is 1180. The van der Waals surface area contributed by atoms with Gasteiger partial charge in [-0.25, -0.2) is 0 Å².